The van der Waals surface area contributed by atoms with Crippen LogP contribution in [0.2, 0.25) is 25.7 Å². The summed E-state index contributed by atoms with van der Waals surface area (Å²) in [5.74, 6) is 0. The standard InChI is InChI=1S/C13H29NOSi/c1-12(2)14-9-13(11-16(3,4)5)7-6-8-15-10-13/h12,14H,6-11H2,1-5H3. The van der Waals surface area contributed by atoms with E-state index in [1.165, 1.54) is 18.9 Å². The Morgan fingerprint density at radius 3 is 2.44 bits per heavy atom. The molecular formula is C13H29NOSi. The maximum atomic E-state index is 5.75. The van der Waals surface area contributed by atoms with Crippen molar-refractivity contribution in [1.82, 2.24) is 5.32 Å². The highest BCUT2D eigenvalue weighted by Gasteiger charge is 2.37. The lowest BCUT2D eigenvalue weighted by Crippen LogP contribution is -2.46. The third-order valence-electron chi connectivity index (χ3n) is 3.19. The van der Waals surface area contributed by atoms with Crippen LogP contribution in [0.25, 0.3) is 0 Å². The predicted octanol–water partition coefficient (Wildman–Crippen LogP) is 3.12. The summed E-state index contributed by atoms with van der Waals surface area (Å²) in [6.45, 7) is 14.9. The Balaban J connectivity index is 2.60. The summed E-state index contributed by atoms with van der Waals surface area (Å²) in [6.07, 6.45) is 2.58. The van der Waals surface area contributed by atoms with E-state index in [1.807, 2.05) is 0 Å². The minimum absolute atomic E-state index is 0.424. The van der Waals surface area contributed by atoms with E-state index in [1.54, 1.807) is 0 Å². The van der Waals surface area contributed by atoms with Crippen molar-refractivity contribution in [3.8, 4) is 0 Å². The molecule has 1 rings (SSSR count). The van der Waals surface area contributed by atoms with Gasteiger partial charge in [0, 0.05) is 32.7 Å². The van der Waals surface area contributed by atoms with Crippen molar-refractivity contribution >= 4 is 8.07 Å². The molecule has 1 heterocycles. The first-order valence-corrected chi connectivity index (χ1v) is 10.3. The minimum atomic E-state index is -1.01. The van der Waals surface area contributed by atoms with E-state index in [0.717, 1.165) is 19.8 Å². The molecule has 1 N–H and O–H groups in total. The normalized spacial score (nSPS) is 27.4. The van der Waals surface area contributed by atoms with E-state index in [-0.39, 0.29) is 0 Å². The third kappa shape index (κ3) is 4.98. The van der Waals surface area contributed by atoms with Crippen LogP contribution in [0, 0.1) is 5.41 Å². The second-order valence-electron chi connectivity index (χ2n) is 6.93. The molecule has 0 aromatic rings. The Hall–Kier alpha value is 0.137. The quantitative estimate of drug-likeness (QED) is 0.749. The van der Waals surface area contributed by atoms with Crippen molar-refractivity contribution in [2.75, 3.05) is 19.8 Å². The van der Waals surface area contributed by atoms with Gasteiger partial charge in [0.05, 0.1) is 6.61 Å². The van der Waals surface area contributed by atoms with Gasteiger partial charge in [0.25, 0.3) is 0 Å². The molecule has 1 saturated heterocycles. The van der Waals surface area contributed by atoms with Gasteiger partial charge >= 0.3 is 0 Å². The average Bonchev–Trinajstić information content (AvgIpc) is 2.14. The van der Waals surface area contributed by atoms with Gasteiger partial charge < -0.3 is 10.1 Å². The van der Waals surface area contributed by atoms with Crippen molar-refractivity contribution in [3.63, 3.8) is 0 Å². The number of rotatable bonds is 5. The van der Waals surface area contributed by atoms with Gasteiger partial charge in [-0.1, -0.05) is 33.5 Å². The molecule has 1 atom stereocenters. The number of ether oxygens (including phenoxy) is 1. The molecule has 0 bridgehead atoms. The Kier molecular flexibility index (Phi) is 5.01. The Morgan fingerprint density at radius 2 is 2.00 bits per heavy atom. The predicted molar refractivity (Wildman–Crippen MR) is 73.8 cm³/mol. The number of nitrogens with one attached hydrogen (secondary N) is 1. The maximum Gasteiger partial charge on any atom is 0.0531 e. The molecule has 16 heavy (non-hydrogen) atoms. The third-order valence-corrected chi connectivity index (χ3v) is 5.01. The van der Waals surface area contributed by atoms with Crippen LogP contribution < -0.4 is 5.32 Å². The lowest BCUT2D eigenvalue weighted by molar-refractivity contribution is 0.00163. The first-order valence-electron chi connectivity index (χ1n) is 6.64. The molecule has 0 spiro atoms. The van der Waals surface area contributed by atoms with Crippen molar-refractivity contribution in [2.45, 2.75) is 58.4 Å². The maximum absolute atomic E-state index is 5.75. The van der Waals surface area contributed by atoms with Crippen molar-refractivity contribution in [2.24, 2.45) is 5.41 Å². The second-order valence-corrected chi connectivity index (χ2v) is 12.4. The van der Waals surface area contributed by atoms with Gasteiger partial charge in [0.1, 0.15) is 0 Å². The molecule has 0 amide bonds. The van der Waals surface area contributed by atoms with Gasteiger partial charge in [-0.05, 0) is 18.9 Å². The van der Waals surface area contributed by atoms with Crippen LogP contribution in [-0.2, 0) is 4.74 Å². The fraction of sp³-hybridized carbons (Fsp3) is 1.00. The van der Waals surface area contributed by atoms with E-state index in [0.29, 0.717) is 11.5 Å². The molecule has 2 nitrogen and oxygen atoms in total. The van der Waals surface area contributed by atoms with Gasteiger partial charge in [-0.3, -0.25) is 0 Å². The van der Waals surface area contributed by atoms with Gasteiger partial charge in [-0.25, -0.2) is 0 Å². The summed E-state index contributed by atoms with van der Waals surface area (Å²) >= 11 is 0. The second kappa shape index (κ2) is 5.65. The number of hydrogen-bond acceptors (Lipinski definition) is 2. The van der Waals surface area contributed by atoms with Crippen LogP contribution in [0.15, 0.2) is 0 Å². The van der Waals surface area contributed by atoms with E-state index in [9.17, 15) is 0 Å². The highest BCUT2D eigenvalue weighted by molar-refractivity contribution is 6.76. The molecule has 1 fully saturated rings. The van der Waals surface area contributed by atoms with Crippen molar-refractivity contribution in [3.05, 3.63) is 0 Å². The lowest BCUT2D eigenvalue weighted by Gasteiger charge is -2.41. The van der Waals surface area contributed by atoms with Crippen LogP contribution in [0.1, 0.15) is 26.7 Å². The number of hydrogen-bond donors (Lipinski definition) is 1. The fourth-order valence-electron chi connectivity index (χ4n) is 2.80. The van der Waals surface area contributed by atoms with Crippen LogP contribution in [-0.4, -0.2) is 33.9 Å². The van der Waals surface area contributed by atoms with E-state index >= 15 is 0 Å². The van der Waals surface area contributed by atoms with Crippen molar-refractivity contribution in [1.29, 1.82) is 0 Å². The molecule has 3 heteroatoms. The molecule has 0 saturated carbocycles. The molecule has 1 aliphatic heterocycles. The highest BCUT2D eigenvalue weighted by atomic mass is 28.3. The molecule has 96 valence electrons. The van der Waals surface area contributed by atoms with E-state index in [4.69, 9.17) is 4.74 Å². The lowest BCUT2D eigenvalue weighted by atomic mass is 9.84. The zero-order valence-electron chi connectivity index (χ0n) is 11.7. The monoisotopic (exact) mass is 243 g/mol. The van der Waals surface area contributed by atoms with Crippen LogP contribution in [0.3, 0.4) is 0 Å². The topological polar surface area (TPSA) is 21.3 Å². The van der Waals surface area contributed by atoms with E-state index in [2.05, 4.69) is 38.8 Å². The first kappa shape index (κ1) is 14.2. The zero-order chi connectivity index (χ0) is 12.2. The first-order chi connectivity index (χ1) is 7.33. The largest absolute Gasteiger partial charge is 0.381 e. The summed E-state index contributed by atoms with van der Waals surface area (Å²) in [4.78, 5) is 0. The molecule has 1 unspecified atom stereocenters. The van der Waals surface area contributed by atoms with Crippen LogP contribution >= 0.6 is 0 Å². The summed E-state index contributed by atoms with van der Waals surface area (Å²) in [5.41, 5.74) is 0.424. The molecule has 0 aromatic heterocycles. The van der Waals surface area contributed by atoms with Gasteiger partial charge in [-0.2, -0.15) is 0 Å². The Morgan fingerprint density at radius 1 is 1.31 bits per heavy atom. The van der Waals surface area contributed by atoms with Crippen LogP contribution in [0.4, 0.5) is 0 Å². The SMILES string of the molecule is CC(C)NCC1(C[Si](C)(C)C)CCCOC1. The molecular weight excluding hydrogens is 214 g/mol. The van der Waals surface area contributed by atoms with Gasteiger partial charge in [0.2, 0.25) is 0 Å². The smallest absolute Gasteiger partial charge is 0.0531 e. The minimum Gasteiger partial charge on any atom is -0.381 e. The fourth-order valence-corrected chi connectivity index (χ4v) is 5.45. The zero-order valence-corrected chi connectivity index (χ0v) is 12.7. The molecule has 0 aromatic carbocycles. The molecule has 0 radical (unpaired) electrons. The van der Waals surface area contributed by atoms with Crippen molar-refractivity contribution < 1.29 is 4.74 Å². The highest BCUT2D eigenvalue weighted by Crippen LogP contribution is 2.36. The Labute approximate surface area is 102 Å². The Bertz CT molecular complexity index is 204. The summed E-state index contributed by atoms with van der Waals surface area (Å²) in [5, 5.41) is 3.62. The summed E-state index contributed by atoms with van der Waals surface area (Å²) in [6, 6.07) is 1.97. The van der Waals surface area contributed by atoms with Crippen LogP contribution in [0.5, 0.6) is 0 Å². The molecule has 0 aliphatic carbocycles. The van der Waals surface area contributed by atoms with E-state index < -0.39 is 8.07 Å². The molecule has 1 aliphatic rings. The average molecular weight is 243 g/mol. The summed E-state index contributed by atoms with van der Waals surface area (Å²) in [7, 11) is -1.01. The van der Waals surface area contributed by atoms with Gasteiger partial charge in [0.15, 0.2) is 0 Å². The summed E-state index contributed by atoms with van der Waals surface area (Å²) < 4.78 is 5.75. The van der Waals surface area contributed by atoms with Gasteiger partial charge in [-0.15, -0.1) is 0 Å².